The number of hydrogen-bond donors (Lipinski definition) is 2. The van der Waals surface area contributed by atoms with E-state index in [2.05, 4.69) is 27.9 Å². The monoisotopic (exact) mass is 361 g/mol. The van der Waals surface area contributed by atoms with Crippen molar-refractivity contribution in [3.8, 4) is 0 Å². The van der Waals surface area contributed by atoms with Gasteiger partial charge in [0.2, 0.25) is 0 Å². The molecule has 0 aliphatic carbocycles. The van der Waals surface area contributed by atoms with Crippen LogP contribution in [0, 0.1) is 12.8 Å². The fraction of sp³-hybridized carbons (Fsp3) is 0.444. The number of piperidine rings is 1. The molecule has 1 aliphatic rings. The summed E-state index contributed by atoms with van der Waals surface area (Å²) >= 11 is 3.43. The minimum absolute atomic E-state index is 0.0160. The normalized spacial score (nSPS) is 20.8. The maximum Gasteiger partial charge on any atom is 0.251 e. The van der Waals surface area contributed by atoms with Crippen molar-refractivity contribution in [2.24, 2.45) is 5.92 Å². The lowest BCUT2D eigenvalue weighted by molar-refractivity contribution is 0.0915. The first-order chi connectivity index (χ1) is 11.6. The van der Waals surface area contributed by atoms with E-state index >= 15 is 0 Å². The summed E-state index contributed by atoms with van der Waals surface area (Å²) in [5.74, 6) is 1.40. The highest BCUT2D eigenvalue weighted by Gasteiger charge is 2.22. The topological polar surface area (TPSA) is 54.0 Å². The van der Waals surface area contributed by atoms with Crippen molar-refractivity contribution in [2.45, 2.75) is 37.0 Å². The van der Waals surface area contributed by atoms with Gasteiger partial charge in [-0.25, -0.2) is 4.98 Å². The van der Waals surface area contributed by atoms with E-state index in [1.165, 1.54) is 0 Å². The number of rotatable bonds is 5. The summed E-state index contributed by atoms with van der Waals surface area (Å²) in [6, 6.07) is 8.06. The van der Waals surface area contributed by atoms with Gasteiger partial charge in [0.05, 0.1) is 10.7 Å². The van der Waals surface area contributed by atoms with Crippen LogP contribution in [0.1, 0.15) is 34.4 Å². The van der Waals surface area contributed by atoms with Crippen LogP contribution in [0.3, 0.4) is 0 Å². The number of amides is 1. The van der Waals surface area contributed by atoms with E-state index in [0.717, 1.165) is 46.4 Å². The Morgan fingerprint density at radius 1 is 1.42 bits per heavy atom. The average molecular weight is 362 g/mol. The van der Waals surface area contributed by atoms with Crippen molar-refractivity contribution in [2.75, 3.05) is 13.1 Å². The molecule has 0 saturated carbocycles. The van der Waals surface area contributed by atoms with Crippen LogP contribution in [-0.2, 0) is 5.75 Å². The predicted octanol–water partition coefficient (Wildman–Crippen LogP) is 3.47. The number of aryl methyl sites for hydroxylation is 1. The Hall–Kier alpha value is -1.37. The summed E-state index contributed by atoms with van der Waals surface area (Å²) in [5.41, 5.74) is 1.84. The van der Waals surface area contributed by atoms with Gasteiger partial charge in [0.15, 0.2) is 0 Å². The van der Waals surface area contributed by atoms with Crippen LogP contribution in [0.2, 0.25) is 0 Å². The van der Waals surface area contributed by atoms with E-state index < -0.39 is 0 Å². The number of carbonyl (C=O) groups excluding carboxylic acids is 1. The summed E-state index contributed by atoms with van der Waals surface area (Å²) in [6.45, 7) is 6.12. The molecule has 128 valence electrons. The molecule has 3 rings (SSSR count). The Bertz CT molecular complexity index is 684. The number of benzene rings is 1. The number of thiazole rings is 1. The Labute approximate surface area is 151 Å². The fourth-order valence-corrected chi connectivity index (χ4v) is 4.28. The van der Waals surface area contributed by atoms with Gasteiger partial charge in [0, 0.05) is 34.2 Å². The highest BCUT2D eigenvalue weighted by Crippen LogP contribution is 2.24. The second-order valence-electron chi connectivity index (χ2n) is 6.22. The van der Waals surface area contributed by atoms with Crippen LogP contribution < -0.4 is 10.6 Å². The van der Waals surface area contributed by atoms with Crippen LogP contribution in [0.5, 0.6) is 0 Å². The molecule has 0 spiro atoms. The molecule has 1 aliphatic heterocycles. The number of nitrogens with one attached hydrogen (secondary N) is 2. The van der Waals surface area contributed by atoms with Gasteiger partial charge in [-0.3, -0.25) is 4.79 Å². The van der Waals surface area contributed by atoms with Crippen molar-refractivity contribution in [3.05, 3.63) is 45.9 Å². The smallest absolute Gasteiger partial charge is 0.251 e. The van der Waals surface area contributed by atoms with Crippen LogP contribution in [-0.4, -0.2) is 30.0 Å². The molecular weight excluding hydrogens is 338 g/mol. The van der Waals surface area contributed by atoms with Crippen molar-refractivity contribution in [1.29, 1.82) is 0 Å². The number of hydrogen-bond acceptors (Lipinski definition) is 5. The molecule has 2 atom stereocenters. The highest BCUT2D eigenvalue weighted by molar-refractivity contribution is 7.98. The zero-order valence-corrected chi connectivity index (χ0v) is 15.7. The van der Waals surface area contributed by atoms with Gasteiger partial charge >= 0.3 is 0 Å². The fourth-order valence-electron chi connectivity index (χ4n) is 2.77. The lowest BCUT2D eigenvalue weighted by Gasteiger charge is -2.30. The number of aromatic nitrogens is 1. The molecule has 1 aromatic heterocycles. The number of nitrogens with zero attached hydrogens (tertiary/aromatic N) is 1. The van der Waals surface area contributed by atoms with Gasteiger partial charge in [-0.2, -0.15) is 0 Å². The lowest BCUT2D eigenvalue weighted by Crippen LogP contribution is -2.50. The first-order valence-corrected chi connectivity index (χ1v) is 10.1. The standard InChI is InChI=1S/C18H23N3OS2/c1-12-7-8-19-9-17(12)21-18(22)14-3-5-16(6-4-14)24-11-15-10-23-13(2)20-15/h3-6,10,12,17,19H,7-9,11H2,1-2H3,(H,21,22). The van der Waals surface area contributed by atoms with Crippen molar-refractivity contribution < 1.29 is 4.79 Å². The molecule has 1 fully saturated rings. The maximum absolute atomic E-state index is 12.4. The summed E-state index contributed by atoms with van der Waals surface area (Å²) in [7, 11) is 0. The first-order valence-electron chi connectivity index (χ1n) is 8.27. The summed E-state index contributed by atoms with van der Waals surface area (Å²) in [5, 5.41) is 9.69. The van der Waals surface area contributed by atoms with E-state index in [1.807, 2.05) is 31.2 Å². The Balaban J connectivity index is 1.54. The number of carbonyl (C=O) groups is 1. The highest BCUT2D eigenvalue weighted by atomic mass is 32.2. The minimum Gasteiger partial charge on any atom is -0.348 e. The van der Waals surface area contributed by atoms with Crippen LogP contribution >= 0.6 is 23.1 Å². The Morgan fingerprint density at radius 2 is 2.21 bits per heavy atom. The Morgan fingerprint density at radius 3 is 2.88 bits per heavy atom. The minimum atomic E-state index is 0.0160. The van der Waals surface area contributed by atoms with Crippen molar-refractivity contribution >= 4 is 29.0 Å². The van der Waals surface area contributed by atoms with Gasteiger partial charge in [-0.15, -0.1) is 23.1 Å². The quantitative estimate of drug-likeness (QED) is 0.801. The molecule has 2 heterocycles. The van der Waals surface area contributed by atoms with Gasteiger partial charge in [0.1, 0.15) is 0 Å². The van der Waals surface area contributed by atoms with Gasteiger partial charge in [-0.1, -0.05) is 6.92 Å². The van der Waals surface area contributed by atoms with Crippen molar-refractivity contribution in [3.63, 3.8) is 0 Å². The van der Waals surface area contributed by atoms with Gasteiger partial charge in [-0.05, 0) is 50.1 Å². The third kappa shape index (κ3) is 4.59. The van der Waals surface area contributed by atoms with E-state index in [4.69, 9.17) is 0 Å². The van der Waals surface area contributed by atoms with E-state index in [0.29, 0.717) is 5.92 Å². The van der Waals surface area contributed by atoms with Gasteiger partial charge < -0.3 is 10.6 Å². The van der Waals surface area contributed by atoms with Gasteiger partial charge in [0.25, 0.3) is 5.91 Å². The predicted molar refractivity (Wildman–Crippen MR) is 101 cm³/mol. The SMILES string of the molecule is Cc1nc(CSc2ccc(C(=O)NC3CNCCC3C)cc2)cs1. The largest absolute Gasteiger partial charge is 0.348 e. The summed E-state index contributed by atoms with van der Waals surface area (Å²) in [6.07, 6.45) is 1.11. The molecule has 24 heavy (non-hydrogen) atoms. The molecule has 4 nitrogen and oxygen atoms in total. The molecule has 2 aromatic rings. The number of thioether (sulfide) groups is 1. The van der Waals surface area contributed by atoms with Crippen LogP contribution in [0.25, 0.3) is 0 Å². The second kappa shape index (κ2) is 8.14. The molecular formula is C18H23N3OS2. The van der Waals surface area contributed by atoms with Crippen LogP contribution in [0.15, 0.2) is 34.5 Å². The Kier molecular flexibility index (Phi) is 5.92. The molecule has 0 radical (unpaired) electrons. The molecule has 2 N–H and O–H groups in total. The zero-order chi connectivity index (χ0) is 16.9. The molecule has 6 heteroatoms. The molecule has 1 aromatic carbocycles. The lowest BCUT2D eigenvalue weighted by atomic mass is 9.94. The third-order valence-electron chi connectivity index (χ3n) is 4.31. The van der Waals surface area contributed by atoms with E-state index in [1.54, 1.807) is 23.1 Å². The average Bonchev–Trinajstić information content (AvgIpc) is 3.01. The summed E-state index contributed by atoms with van der Waals surface area (Å²) in [4.78, 5) is 18.0. The molecule has 2 unspecified atom stereocenters. The second-order valence-corrected chi connectivity index (χ2v) is 8.33. The maximum atomic E-state index is 12.4. The molecule has 1 saturated heterocycles. The molecule has 1 amide bonds. The van der Waals surface area contributed by atoms with Crippen molar-refractivity contribution in [1.82, 2.24) is 15.6 Å². The first kappa shape index (κ1) is 17.5. The van der Waals surface area contributed by atoms with Crippen LogP contribution in [0.4, 0.5) is 0 Å². The summed E-state index contributed by atoms with van der Waals surface area (Å²) < 4.78 is 0. The van der Waals surface area contributed by atoms with E-state index in [9.17, 15) is 4.79 Å². The zero-order valence-electron chi connectivity index (χ0n) is 14.0. The van der Waals surface area contributed by atoms with E-state index in [-0.39, 0.29) is 11.9 Å². The third-order valence-corrected chi connectivity index (χ3v) is 6.18. The molecule has 0 bridgehead atoms.